The van der Waals surface area contributed by atoms with Crippen LogP contribution in [0.1, 0.15) is 51.0 Å². The highest BCUT2D eigenvalue weighted by Crippen LogP contribution is 2.27. The topological polar surface area (TPSA) is 65.6 Å². The molecule has 4 rings (SSSR count). The van der Waals surface area contributed by atoms with Crippen LogP contribution >= 0.6 is 12.2 Å². The van der Waals surface area contributed by atoms with E-state index in [0.717, 1.165) is 49.1 Å². The van der Waals surface area contributed by atoms with Crippen LogP contribution in [-0.2, 0) is 6.54 Å². The summed E-state index contributed by atoms with van der Waals surface area (Å²) in [6.07, 6.45) is 7.50. The van der Waals surface area contributed by atoms with E-state index in [4.69, 9.17) is 26.9 Å². The van der Waals surface area contributed by atoms with Gasteiger partial charge in [-0.25, -0.2) is 0 Å². The molecular formula is C25H36N6OS. The van der Waals surface area contributed by atoms with Crippen molar-refractivity contribution in [1.82, 2.24) is 15.3 Å². The van der Waals surface area contributed by atoms with Crippen LogP contribution in [-0.4, -0.2) is 48.4 Å². The second-order valence-electron chi connectivity index (χ2n) is 9.16. The first-order valence-corrected chi connectivity index (χ1v) is 12.6. The fourth-order valence-electron chi connectivity index (χ4n) is 4.57. The Hall–Kier alpha value is -2.61. The van der Waals surface area contributed by atoms with Gasteiger partial charge in [0, 0.05) is 38.8 Å². The van der Waals surface area contributed by atoms with Gasteiger partial charge in [0.2, 0.25) is 5.95 Å². The van der Waals surface area contributed by atoms with E-state index < -0.39 is 0 Å². The summed E-state index contributed by atoms with van der Waals surface area (Å²) in [5.41, 5.74) is 1.13. The summed E-state index contributed by atoms with van der Waals surface area (Å²) in [7, 11) is 1.67. The minimum Gasteiger partial charge on any atom is -0.497 e. The number of aromatic nitrogens is 2. The van der Waals surface area contributed by atoms with Crippen molar-refractivity contribution in [1.29, 1.82) is 0 Å². The molecule has 7 nitrogen and oxygen atoms in total. The van der Waals surface area contributed by atoms with Crippen LogP contribution in [0.3, 0.4) is 0 Å². The third kappa shape index (κ3) is 6.69. The van der Waals surface area contributed by atoms with Crippen molar-refractivity contribution in [2.45, 2.75) is 52.0 Å². The molecule has 2 aliphatic heterocycles. The number of nitrogens with one attached hydrogen (secondary N) is 2. The number of hydrogen-bond acceptors (Lipinski definition) is 6. The number of rotatable bonds is 6. The molecule has 8 heteroatoms. The molecule has 0 radical (unpaired) electrons. The number of ether oxygens (including phenoxy) is 1. The van der Waals surface area contributed by atoms with Gasteiger partial charge in [-0.2, -0.15) is 9.97 Å². The van der Waals surface area contributed by atoms with Crippen molar-refractivity contribution in [3.63, 3.8) is 0 Å². The van der Waals surface area contributed by atoms with Crippen molar-refractivity contribution >= 4 is 34.9 Å². The number of hydrogen-bond donors (Lipinski definition) is 2. The van der Waals surface area contributed by atoms with Crippen LogP contribution in [0, 0.1) is 5.92 Å². The van der Waals surface area contributed by atoms with Crippen molar-refractivity contribution in [3.05, 3.63) is 35.9 Å². The first-order valence-electron chi connectivity index (χ1n) is 12.2. The van der Waals surface area contributed by atoms with Gasteiger partial charge >= 0.3 is 0 Å². The lowest BCUT2D eigenvalue weighted by Crippen LogP contribution is -2.36. The Balaban J connectivity index is 1.48. The first-order chi connectivity index (χ1) is 16.1. The van der Waals surface area contributed by atoms with E-state index in [0.29, 0.717) is 23.5 Å². The van der Waals surface area contributed by atoms with Crippen molar-refractivity contribution in [3.8, 4) is 5.75 Å². The van der Waals surface area contributed by atoms with Gasteiger partial charge < -0.3 is 25.2 Å². The van der Waals surface area contributed by atoms with E-state index in [1.807, 2.05) is 24.3 Å². The van der Waals surface area contributed by atoms with Gasteiger partial charge in [-0.3, -0.25) is 0 Å². The van der Waals surface area contributed by atoms with Gasteiger partial charge in [0.05, 0.1) is 7.11 Å². The van der Waals surface area contributed by atoms with Crippen molar-refractivity contribution in [2.75, 3.05) is 48.4 Å². The Morgan fingerprint density at radius 1 is 1.00 bits per heavy atom. The van der Waals surface area contributed by atoms with E-state index in [2.05, 4.69) is 33.4 Å². The Bertz CT molecular complexity index is 893. The predicted octanol–water partition coefficient (Wildman–Crippen LogP) is 4.59. The molecule has 2 fully saturated rings. The van der Waals surface area contributed by atoms with Crippen LogP contribution in [0.5, 0.6) is 5.75 Å². The lowest BCUT2D eigenvalue weighted by molar-refractivity contribution is 0.414. The molecule has 3 heterocycles. The molecule has 2 N–H and O–H groups in total. The van der Waals surface area contributed by atoms with Crippen LogP contribution in [0.2, 0.25) is 0 Å². The molecule has 0 aliphatic carbocycles. The van der Waals surface area contributed by atoms with Gasteiger partial charge in [0.25, 0.3) is 0 Å². The predicted molar refractivity (Wildman–Crippen MR) is 139 cm³/mol. The molecule has 0 amide bonds. The highest BCUT2D eigenvalue weighted by molar-refractivity contribution is 7.80. The summed E-state index contributed by atoms with van der Waals surface area (Å²) in [5.74, 6) is 4.09. The third-order valence-corrected chi connectivity index (χ3v) is 6.69. The Morgan fingerprint density at radius 2 is 1.67 bits per heavy atom. The zero-order valence-corrected chi connectivity index (χ0v) is 20.7. The maximum Gasteiger partial charge on any atom is 0.232 e. The largest absolute Gasteiger partial charge is 0.497 e. The highest BCUT2D eigenvalue weighted by Gasteiger charge is 2.21. The molecular weight excluding hydrogens is 432 g/mol. The summed E-state index contributed by atoms with van der Waals surface area (Å²) < 4.78 is 5.23. The molecule has 0 bridgehead atoms. The van der Waals surface area contributed by atoms with E-state index >= 15 is 0 Å². The van der Waals surface area contributed by atoms with Crippen LogP contribution < -0.4 is 25.2 Å². The quantitative estimate of drug-likeness (QED) is 0.597. The maximum atomic E-state index is 5.57. The number of methoxy groups -OCH3 is 1. The van der Waals surface area contributed by atoms with Gasteiger partial charge in [0.1, 0.15) is 17.4 Å². The van der Waals surface area contributed by atoms with Gasteiger partial charge in [-0.1, -0.05) is 31.9 Å². The van der Waals surface area contributed by atoms with Gasteiger partial charge in [0.15, 0.2) is 5.11 Å². The molecule has 1 aromatic heterocycles. The minimum absolute atomic E-state index is 0.525. The van der Waals surface area contributed by atoms with Crippen molar-refractivity contribution < 1.29 is 4.74 Å². The smallest absolute Gasteiger partial charge is 0.232 e. The minimum atomic E-state index is 0.525. The van der Waals surface area contributed by atoms with E-state index in [-0.39, 0.29) is 0 Å². The molecule has 1 atom stereocenters. The second kappa shape index (κ2) is 11.5. The average Bonchev–Trinajstić information content (AvgIpc) is 3.13. The first kappa shape index (κ1) is 23.5. The molecule has 2 saturated heterocycles. The number of benzene rings is 1. The lowest BCUT2D eigenvalue weighted by atomic mass is 10.0. The normalized spacial score (nSPS) is 19.0. The second-order valence-corrected chi connectivity index (χ2v) is 9.57. The molecule has 1 aromatic carbocycles. The molecule has 0 spiro atoms. The highest BCUT2D eigenvalue weighted by atomic mass is 32.1. The summed E-state index contributed by atoms with van der Waals surface area (Å²) in [5, 5.41) is 7.04. The zero-order chi connectivity index (χ0) is 23.0. The van der Waals surface area contributed by atoms with Gasteiger partial charge in [-0.15, -0.1) is 0 Å². The zero-order valence-electron chi connectivity index (χ0n) is 19.8. The Labute approximate surface area is 202 Å². The number of nitrogens with zero attached hydrogens (tertiary/aromatic N) is 4. The van der Waals surface area contributed by atoms with E-state index in [1.54, 1.807) is 7.11 Å². The number of anilines is 3. The van der Waals surface area contributed by atoms with Crippen LogP contribution in [0.4, 0.5) is 17.6 Å². The summed E-state index contributed by atoms with van der Waals surface area (Å²) in [4.78, 5) is 14.5. The lowest BCUT2D eigenvalue weighted by Gasteiger charge is -2.33. The molecule has 178 valence electrons. The standard InChI is InChI=1S/C25H36N6OS/c1-19-8-7-15-31(18-19)23-16-22(30-13-5-3-4-6-14-30)27-24(28-23)29-25(33)26-17-20-9-11-21(32-2)12-10-20/h9-12,16,19H,3-8,13-15,17-18H2,1-2H3,(H2,26,27,28,29,33). The van der Waals surface area contributed by atoms with E-state index in [9.17, 15) is 0 Å². The monoisotopic (exact) mass is 468 g/mol. The summed E-state index contributed by atoms with van der Waals surface area (Å²) >= 11 is 5.57. The van der Waals surface area contributed by atoms with E-state index in [1.165, 1.54) is 38.5 Å². The SMILES string of the molecule is COc1ccc(CNC(=S)Nc2nc(N3CCCCCC3)cc(N3CCCC(C)C3)n2)cc1. The van der Waals surface area contributed by atoms with Gasteiger partial charge in [-0.05, 0) is 61.5 Å². The molecule has 0 saturated carbocycles. The fraction of sp³-hybridized carbons (Fsp3) is 0.560. The molecule has 2 aromatic rings. The molecule has 1 unspecified atom stereocenters. The summed E-state index contributed by atoms with van der Waals surface area (Å²) in [6.45, 7) is 7.12. The van der Waals surface area contributed by atoms with Crippen LogP contribution in [0.25, 0.3) is 0 Å². The van der Waals surface area contributed by atoms with Crippen LogP contribution in [0.15, 0.2) is 30.3 Å². The average molecular weight is 469 g/mol. The third-order valence-electron chi connectivity index (χ3n) is 6.45. The molecule has 33 heavy (non-hydrogen) atoms. The Morgan fingerprint density at radius 3 is 2.33 bits per heavy atom. The molecule has 2 aliphatic rings. The Kier molecular flexibility index (Phi) is 8.20. The van der Waals surface area contributed by atoms with Crippen molar-refractivity contribution in [2.24, 2.45) is 5.92 Å². The maximum absolute atomic E-state index is 5.57. The summed E-state index contributed by atoms with van der Waals surface area (Å²) in [6, 6.07) is 10.1. The number of piperidine rings is 1. The fourth-order valence-corrected chi connectivity index (χ4v) is 4.73. The number of thiocarbonyl (C=S) groups is 1.